The van der Waals surface area contributed by atoms with Crippen molar-refractivity contribution in [1.82, 2.24) is 9.97 Å². The predicted molar refractivity (Wildman–Crippen MR) is 126 cm³/mol. The summed E-state index contributed by atoms with van der Waals surface area (Å²) in [6, 6.07) is 12.2. The molecule has 4 nitrogen and oxygen atoms in total. The number of hydrogen-bond acceptors (Lipinski definition) is 2. The van der Waals surface area contributed by atoms with E-state index < -0.39 is 5.91 Å². The van der Waals surface area contributed by atoms with Crippen LogP contribution in [0.3, 0.4) is 0 Å². The lowest BCUT2D eigenvalue weighted by Gasteiger charge is -2.16. The van der Waals surface area contributed by atoms with Gasteiger partial charge in [-0.1, -0.05) is 87.8 Å². The molecule has 0 atom stereocenters. The van der Waals surface area contributed by atoms with Crippen LogP contribution in [0.2, 0.25) is 30.1 Å². The molecule has 0 saturated heterocycles. The molecule has 4 rings (SSSR count). The number of nitrogens with zero attached hydrogens (tertiary/aromatic N) is 1. The number of benzene rings is 3. The minimum atomic E-state index is -0.633. The quantitative estimate of drug-likeness (QED) is 0.211. The third-order valence-corrected chi connectivity index (χ3v) is 6.75. The minimum Gasteiger partial charge on any atom is -0.338 e. The van der Waals surface area contributed by atoms with Gasteiger partial charge in [-0.2, -0.15) is 0 Å². The van der Waals surface area contributed by atoms with Gasteiger partial charge in [0.1, 0.15) is 5.82 Å². The number of nitrogens with one attached hydrogen (secondary N) is 2. The van der Waals surface area contributed by atoms with Crippen LogP contribution in [-0.2, 0) is 0 Å². The third kappa shape index (κ3) is 3.73. The molecule has 0 aliphatic carbocycles. The Morgan fingerprint density at radius 1 is 0.800 bits per heavy atom. The maximum Gasteiger partial charge on any atom is 0.258 e. The first-order chi connectivity index (χ1) is 14.3. The normalized spacial score (nSPS) is 11.1. The van der Waals surface area contributed by atoms with Gasteiger partial charge < -0.3 is 10.3 Å². The van der Waals surface area contributed by atoms with E-state index in [1.54, 1.807) is 18.2 Å². The molecule has 30 heavy (non-hydrogen) atoms. The van der Waals surface area contributed by atoms with E-state index in [2.05, 4.69) is 15.3 Å². The topological polar surface area (TPSA) is 57.8 Å². The van der Waals surface area contributed by atoms with E-state index in [9.17, 15) is 4.79 Å². The number of hydrogen-bond donors (Lipinski definition) is 2. The van der Waals surface area contributed by atoms with Gasteiger partial charge in [0.25, 0.3) is 5.91 Å². The van der Waals surface area contributed by atoms with Crippen LogP contribution < -0.4 is 5.32 Å². The van der Waals surface area contributed by atoms with Crippen LogP contribution >= 0.6 is 69.6 Å². The van der Waals surface area contributed by atoms with E-state index in [4.69, 9.17) is 69.6 Å². The van der Waals surface area contributed by atoms with Gasteiger partial charge in [0, 0.05) is 0 Å². The smallest absolute Gasteiger partial charge is 0.258 e. The summed E-state index contributed by atoms with van der Waals surface area (Å²) in [6.45, 7) is 0. The summed E-state index contributed by atoms with van der Waals surface area (Å²) in [4.78, 5) is 20.9. The van der Waals surface area contributed by atoms with Crippen molar-refractivity contribution < 1.29 is 4.79 Å². The average Bonchev–Trinajstić information content (AvgIpc) is 3.15. The molecule has 4 aromatic rings. The zero-order valence-electron chi connectivity index (χ0n) is 14.7. The van der Waals surface area contributed by atoms with Crippen LogP contribution in [0.1, 0.15) is 10.4 Å². The highest BCUT2D eigenvalue weighted by atomic mass is 35.5. The zero-order valence-corrected chi connectivity index (χ0v) is 19.2. The molecule has 1 amide bonds. The molecular weight excluding hydrogens is 511 g/mol. The number of halogens is 6. The van der Waals surface area contributed by atoms with Gasteiger partial charge in [-0.15, -0.1) is 0 Å². The van der Waals surface area contributed by atoms with Crippen molar-refractivity contribution in [2.24, 2.45) is 0 Å². The van der Waals surface area contributed by atoms with Crippen molar-refractivity contribution in [3.8, 4) is 11.4 Å². The highest BCUT2D eigenvalue weighted by Gasteiger charge is 2.28. The molecule has 0 spiro atoms. The number of imidazole rings is 1. The fourth-order valence-corrected chi connectivity index (χ4v) is 4.45. The molecule has 1 heterocycles. The summed E-state index contributed by atoms with van der Waals surface area (Å²) in [6.07, 6.45) is 0. The minimum absolute atomic E-state index is 0.00566. The van der Waals surface area contributed by atoms with Crippen molar-refractivity contribution in [2.75, 3.05) is 5.32 Å². The van der Waals surface area contributed by atoms with E-state index >= 15 is 0 Å². The van der Waals surface area contributed by atoms with Crippen LogP contribution in [0.5, 0.6) is 0 Å². The molecular formula is C20H9Cl6N3O. The average molecular weight is 520 g/mol. The molecule has 0 fully saturated rings. The number of H-pyrrole nitrogens is 1. The van der Waals surface area contributed by atoms with Crippen LogP contribution in [-0.4, -0.2) is 15.9 Å². The second-order valence-electron chi connectivity index (χ2n) is 6.16. The number of amides is 1. The van der Waals surface area contributed by atoms with E-state index in [1.807, 2.05) is 24.3 Å². The lowest BCUT2D eigenvalue weighted by atomic mass is 10.1. The molecule has 0 unspecified atom stereocenters. The van der Waals surface area contributed by atoms with Crippen molar-refractivity contribution in [3.05, 3.63) is 78.2 Å². The zero-order chi connectivity index (χ0) is 21.6. The molecule has 1 aromatic heterocycles. The van der Waals surface area contributed by atoms with Crippen molar-refractivity contribution in [3.63, 3.8) is 0 Å². The van der Waals surface area contributed by atoms with Gasteiger partial charge in [0.05, 0.1) is 58.0 Å². The van der Waals surface area contributed by atoms with Crippen LogP contribution in [0, 0.1) is 0 Å². The van der Waals surface area contributed by atoms with Crippen LogP contribution in [0.25, 0.3) is 22.4 Å². The van der Waals surface area contributed by atoms with E-state index in [1.165, 1.54) is 0 Å². The Hall–Kier alpha value is -1.66. The molecule has 10 heteroatoms. The number of para-hydroxylation sites is 3. The third-order valence-electron chi connectivity index (χ3n) is 4.32. The SMILES string of the molecule is O=C(Nc1c(Cl)cccc1Cl)c1c(Cl)c(Cl)c(Cl)c(Cl)c1-c1nc2ccccc2[nH]1. The number of fused-ring (bicyclic) bond motifs is 1. The number of aromatic nitrogens is 2. The summed E-state index contributed by atoms with van der Waals surface area (Å²) in [5.41, 5.74) is 1.82. The molecule has 152 valence electrons. The van der Waals surface area contributed by atoms with Gasteiger partial charge in [0.15, 0.2) is 0 Å². The highest BCUT2D eigenvalue weighted by molar-refractivity contribution is 6.54. The van der Waals surface area contributed by atoms with E-state index in [-0.39, 0.29) is 47.0 Å². The van der Waals surface area contributed by atoms with Crippen LogP contribution in [0.4, 0.5) is 5.69 Å². The first kappa shape index (κ1) is 21.6. The van der Waals surface area contributed by atoms with E-state index in [0.29, 0.717) is 11.3 Å². The molecule has 3 aromatic carbocycles. The van der Waals surface area contributed by atoms with Crippen LogP contribution in [0.15, 0.2) is 42.5 Å². The predicted octanol–water partition coefficient (Wildman–Crippen LogP) is 8.40. The molecule has 0 aliphatic heterocycles. The Labute approximate surface area is 201 Å². The monoisotopic (exact) mass is 517 g/mol. The number of carbonyl (C=O) groups excluding carboxylic acids is 1. The molecule has 0 bridgehead atoms. The first-order valence-electron chi connectivity index (χ1n) is 8.36. The number of aromatic amines is 1. The molecule has 2 N–H and O–H groups in total. The second-order valence-corrected chi connectivity index (χ2v) is 8.49. The van der Waals surface area contributed by atoms with Crippen molar-refractivity contribution in [1.29, 1.82) is 0 Å². The summed E-state index contributed by atoms with van der Waals surface area (Å²) in [5.74, 6) is -0.331. The number of carbonyl (C=O) groups is 1. The Morgan fingerprint density at radius 2 is 1.43 bits per heavy atom. The second kappa shape index (κ2) is 8.46. The molecule has 0 radical (unpaired) electrons. The Kier molecular flexibility index (Phi) is 6.08. The Balaban J connectivity index is 1.93. The lowest BCUT2D eigenvalue weighted by molar-refractivity contribution is 0.102. The Bertz CT molecular complexity index is 1260. The van der Waals surface area contributed by atoms with Crippen molar-refractivity contribution >= 4 is 92.2 Å². The first-order valence-corrected chi connectivity index (χ1v) is 10.6. The van der Waals surface area contributed by atoms with Gasteiger partial charge in [0.2, 0.25) is 0 Å². The summed E-state index contributed by atoms with van der Waals surface area (Å²) < 4.78 is 0. The Morgan fingerprint density at radius 3 is 2.10 bits per heavy atom. The fraction of sp³-hybridized carbons (Fsp3) is 0. The largest absolute Gasteiger partial charge is 0.338 e. The maximum atomic E-state index is 13.2. The highest BCUT2D eigenvalue weighted by Crippen LogP contribution is 2.46. The fourth-order valence-electron chi connectivity index (χ4n) is 2.93. The standard InChI is InChI=1S/C20H9Cl6N3O/c21-8-4-3-5-9(22)18(8)29-20(30)13-12(14(23)16(25)17(26)15(13)24)19-27-10-6-1-2-7-11(10)28-19/h1-7H,(H,27,28)(H,29,30). The molecule has 0 saturated carbocycles. The summed E-state index contributed by atoms with van der Waals surface area (Å²) in [7, 11) is 0. The molecule has 0 aliphatic rings. The maximum absolute atomic E-state index is 13.2. The van der Waals surface area contributed by atoms with Crippen molar-refractivity contribution in [2.45, 2.75) is 0 Å². The lowest BCUT2D eigenvalue weighted by Crippen LogP contribution is -2.15. The number of anilines is 1. The van der Waals surface area contributed by atoms with Gasteiger partial charge in [-0.3, -0.25) is 4.79 Å². The summed E-state index contributed by atoms with van der Waals surface area (Å²) in [5, 5.41) is 3.07. The van der Waals surface area contributed by atoms with Gasteiger partial charge in [-0.25, -0.2) is 4.98 Å². The number of rotatable bonds is 3. The van der Waals surface area contributed by atoms with Gasteiger partial charge in [-0.05, 0) is 24.3 Å². The summed E-state index contributed by atoms with van der Waals surface area (Å²) >= 11 is 37.7. The van der Waals surface area contributed by atoms with E-state index in [0.717, 1.165) is 5.52 Å². The van der Waals surface area contributed by atoms with Gasteiger partial charge >= 0.3 is 0 Å².